The Morgan fingerprint density at radius 2 is 1.79 bits per heavy atom. The van der Waals surface area contributed by atoms with Crippen LogP contribution in [0, 0.1) is 12.3 Å². The zero-order valence-corrected chi connectivity index (χ0v) is 10.1. The van der Waals surface area contributed by atoms with Crippen molar-refractivity contribution in [3.63, 3.8) is 0 Å². The van der Waals surface area contributed by atoms with Crippen LogP contribution in [0.2, 0.25) is 0 Å². The maximum Gasteiger partial charge on any atom is 0.129 e. The fourth-order valence-electron chi connectivity index (χ4n) is 1.28. The molecule has 0 spiro atoms. The monoisotopic (exact) mass is 194 g/mol. The minimum Gasteiger partial charge on any atom is -0.357 e. The van der Waals surface area contributed by atoms with E-state index in [1.807, 2.05) is 27.7 Å². The van der Waals surface area contributed by atoms with Gasteiger partial charge >= 0.3 is 0 Å². The second kappa shape index (κ2) is 5.22. The molecule has 0 rings (SSSR count). The van der Waals surface area contributed by atoms with Crippen LogP contribution >= 0.6 is 0 Å². The molecule has 80 valence electrons. The van der Waals surface area contributed by atoms with Crippen molar-refractivity contribution in [2.45, 2.75) is 58.7 Å². The lowest BCUT2D eigenvalue weighted by atomic mass is 10.0. The van der Waals surface area contributed by atoms with E-state index in [2.05, 4.69) is 25.0 Å². The minimum absolute atomic E-state index is 0.193. The molecule has 0 saturated carbocycles. The molecule has 1 heteroatoms. The van der Waals surface area contributed by atoms with Crippen molar-refractivity contribution in [1.82, 2.24) is 0 Å². The highest BCUT2D eigenvalue weighted by atomic mass is 16.5. The summed E-state index contributed by atoms with van der Waals surface area (Å²) >= 11 is 0. The molecular formula is C13H22O. The SMILES string of the molecule is C#C[C@](C)(CC=CCC)OC(C)(C)C. The molecular weight excluding hydrogens is 172 g/mol. The second-order valence-electron chi connectivity index (χ2n) is 4.67. The lowest BCUT2D eigenvalue weighted by molar-refractivity contribution is -0.0881. The van der Waals surface area contributed by atoms with Crippen LogP contribution in [0.5, 0.6) is 0 Å². The van der Waals surface area contributed by atoms with Crippen LogP contribution in [0.25, 0.3) is 0 Å². The summed E-state index contributed by atoms with van der Waals surface area (Å²) in [5, 5.41) is 0. The fourth-order valence-corrected chi connectivity index (χ4v) is 1.28. The number of ether oxygens (including phenoxy) is 1. The van der Waals surface area contributed by atoms with E-state index in [9.17, 15) is 0 Å². The summed E-state index contributed by atoms with van der Waals surface area (Å²) in [7, 11) is 0. The molecule has 0 bridgehead atoms. The molecule has 1 nitrogen and oxygen atoms in total. The maximum atomic E-state index is 5.83. The Labute approximate surface area is 88.5 Å². The average Bonchev–Trinajstić information content (AvgIpc) is 2.02. The van der Waals surface area contributed by atoms with Gasteiger partial charge in [0.25, 0.3) is 0 Å². The molecule has 0 heterocycles. The van der Waals surface area contributed by atoms with Gasteiger partial charge in [0.15, 0.2) is 0 Å². The molecule has 0 aromatic carbocycles. The summed E-state index contributed by atoms with van der Waals surface area (Å²) in [5.41, 5.74) is -0.676. The summed E-state index contributed by atoms with van der Waals surface area (Å²) in [5.74, 6) is 2.72. The van der Waals surface area contributed by atoms with Gasteiger partial charge in [-0.1, -0.05) is 25.0 Å². The predicted molar refractivity (Wildman–Crippen MR) is 62.1 cm³/mol. The molecule has 0 aromatic heterocycles. The molecule has 0 unspecified atom stereocenters. The average molecular weight is 194 g/mol. The smallest absolute Gasteiger partial charge is 0.129 e. The highest BCUT2D eigenvalue weighted by molar-refractivity contribution is 5.10. The molecule has 0 saturated heterocycles. The predicted octanol–water partition coefficient (Wildman–Crippen LogP) is 3.55. The van der Waals surface area contributed by atoms with E-state index in [4.69, 9.17) is 11.2 Å². The van der Waals surface area contributed by atoms with Crippen LogP contribution in [0.4, 0.5) is 0 Å². The third kappa shape index (κ3) is 5.83. The number of terminal acetylenes is 1. The van der Waals surface area contributed by atoms with Crippen LogP contribution in [-0.2, 0) is 4.74 Å². The van der Waals surface area contributed by atoms with E-state index in [1.165, 1.54) is 0 Å². The summed E-state index contributed by atoms with van der Waals surface area (Å²) in [6.45, 7) is 10.1. The Morgan fingerprint density at radius 3 is 2.14 bits per heavy atom. The standard InChI is InChI=1S/C13H22O/c1-7-9-10-11-13(6,8-2)14-12(3,4)5/h2,9-10H,7,11H2,1,3-6H3/t13-/m1/s1. The van der Waals surface area contributed by atoms with E-state index < -0.39 is 5.60 Å². The van der Waals surface area contributed by atoms with Gasteiger partial charge in [-0.05, 0) is 34.1 Å². The highest BCUT2D eigenvalue weighted by Gasteiger charge is 2.27. The van der Waals surface area contributed by atoms with Gasteiger partial charge in [-0.25, -0.2) is 0 Å². The molecule has 0 radical (unpaired) electrons. The summed E-state index contributed by atoms with van der Waals surface area (Å²) in [4.78, 5) is 0. The van der Waals surface area contributed by atoms with E-state index in [0.717, 1.165) is 12.8 Å². The van der Waals surface area contributed by atoms with E-state index in [0.29, 0.717) is 0 Å². The van der Waals surface area contributed by atoms with Crippen molar-refractivity contribution in [1.29, 1.82) is 0 Å². The Kier molecular flexibility index (Phi) is 4.94. The quantitative estimate of drug-likeness (QED) is 0.491. The zero-order chi connectivity index (χ0) is 11.2. The van der Waals surface area contributed by atoms with Gasteiger partial charge in [0.1, 0.15) is 5.60 Å². The van der Waals surface area contributed by atoms with Crippen molar-refractivity contribution in [3.05, 3.63) is 12.2 Å². The lowest BCUT2D eigenvalue weighted by Gasteiger charge is -2.32. The first kappa shape index (κ1) is 13.3. The summed E-state index contributed by atoms with van der Waals surface area (Å²) < 4.78 is 5.83. The summed E-state index contributed by atoms with van der Waals surface area (Å²) in [6, 6.07) is 0. The number of allylic oxidation sites excluding steroid dienone is 1. The molecule has 1 atom stereocenters. The van der Waals surface area contributed by atoms with Crippen molar-refractivity contribution in [2.24, 2.45) is 0 Å². The third-order valence-corrected chi connectivity index (χ3v) is 1.75. The van der Waals surface area contributed by atoms with Gasteiger partial charge < -0.3 is 4.74 Å². The van der Waals surface area contributed by atoms with Crippen LogP contribution < -0.4 is 0 Å². The van der Waals surface area contributed by atoms with Gasteiger partial charge in [-0.3, -0.25) is 0 Å². The maximum absolute atomic E-state index is 5.83. The lowest BCUT2D eigenvalue weighted by Crippen LogP contribution is -2.35. The van der Waals surface area contributed by atoms with Crippen molar-refractivity contribution >= 4 is 0 Å². The number of rotatable bonds is 4. The molecule has 0 fully saturated rings. The zero-order valence-electron chi connectivity index (χ0n) is 10.1. The van der Waals surface area contributed by atoms with Crippen molar-refractivity contribution in [2.75, 3.05) is 0 Å². The molecule has 0 aliphatic heterocycles. The van der Waals surface area contributed by atoms with Crippen LogP contribution in [-0.4, -0.2) is 11.2 Å². The Balaban J connectivity index is 4.35. The molecule has 0 aliphatic carbocycles. The van der Waals surface area contributed by atoms with Crippen molar-refractivity contribution in [3.8, 4) is 12.3 Å². The highest BCUT2D eigenvalue weighted by Crippen LogP contribution is 2.23. The van der Waals surface area contributed by atoms with Gasteiger partial charge in [0.2, 0.25) is 0 Å². The van der Waals surface area contributed by atoms with Gasteiger partial charge in [-0.15, -0.1) is 6.42 Å². The molecule has 0 amide bonds. The van der Waals surface area contributed by atoms with E-state index in [1.54, 1.807) is 0 Å². The van der Waals surface area contributed by atoms with Gasteiger partial charge in [0.05, 0.1) is 5.60 Å². The van der Waals surface area contributed by atoms with Crippen LogP contribution in [0.3, 0.4) is 0 Å². The first-order valence-corrected chi connectivity index (χ1v) is 5.16. The first-order chi connectivity index (χ1) is 6.33. The Morgan fingerprint density at radius 1 is 1.21 bits per heavy atom. The molecule has 0 aromatic rings. The first-order valence-electron chi connectivity index (χ1n) is 5.16. The van der Waals surface area contributed by atoms with Gasteiger partial charge in [0, 0.05) is 6.42 Å². The fraction of sp³-hybridized carbons (Fsp3) is 0.692. The third-order valence-electron chi connectivity index (χ3n) is 1.75. The minimum atomic E-state index is -0.482. The molecule has 14 heavy (non-hydrogen) atoms. The van der Waals surface area contributed by atoms with E-state index >= 15 is 0 Å². The topological polar surface area (TPSA) is 9.23 Å². The van der Waals surface area contributed by atoms with Gasteiger partial charge in [-0.2, -0.15) is 0 Å². The number of hydrogen-bond acceptors (Lipinski definition) is 1. The van der Waals surface area contributed by atoms with Crippen molar-refractivity contribution < 1.29 is 4.74 Å². The van der Waals surface area contributed by atoms with Crippen LogP contribution in [0.1, 0.15) is 47.5 Å². The number of hydrogen-bond donors (Lipinski definition) is 0. The Hall–Kier alpha value is -0.740. The molecule has 0 aliphatic rings. The normalized spacial score (nSPS) is 16.6. The Bertz CT molecular complexity index is 227. The summed E-state index contributed by atoms with van der Waals surface area (Å²) in [6.07, 6.45) is 11.5. The molecule has 0 N–H and O–H groups in total. The van der Waals surface area contributed by atoms with E-state index in [-0.39, 0.29) is 5.60 Å². The second-order valence-corrected chi connectivity index (χ2v) is 4.67. The largest absolute Gasteiger partial charge is 0.357 e. The van der Waals surface area contributed by atoms with Crippen LogP contribution in [0.15, 0.2) is 12.2 Å².